The molecule has 0 aliphatic heterocycles. The van der Waals surface area contributed by atoms with Crippen molar-refractivity contribution in [2.75, 3.05) is 0 Å². The molecule has 78 valence electrons. The number of rotatable bonds is 0. The lowest BCUT2D eigenvalue weighted by Gasteiger charge is -2.56. The van der Waals surface area contributed by atoms with Crippen LogP contribution < -0.4 is 0 Å². The van der Waals surface area contributed by atoms with Crippen molar-refractivity contribution in [3.8, 4) is 0 Å². The van der Waals surface area contributed by atoms with Gasteiger partial charge in [0.1, 0.15) is 0 Å². The van der Waals surface area contributed by atoms with Crippen LogP contribution in [0.4, 0.5) is 0 Å². The Morgan fingerprint density at radius 2 is 1.38 bits per heavy atom. The van der Waals surface area contributed by atoms with Crippen LogP contribution in [0.5, 0.6) is 0 Å². The van der Waals surface area contributed by atoms with Crippen molar-refractivity contribution in [2.24, 2.45) is 22.2 Å². The summed E-state index contributed by atoms with van der Waals surface area (Å²) in [6, 6.07) is 0. The molecule has 1 rings (SSSR count). The maximum Gasteiger partial charge on any atom is -0.0277 e. The molecule has 1 fully saturated rings. The molecule has 0 bridgehead atoms. The van der Waals surface area contributed by atoms with Crippen LogP contribution in [0.2, 0.25) is 0 Å². The van der Waals surface area contributed by atoms with Crippen molar-refractivity contribution in [1.29, 1.82) is 0 Å². The van der Waals surface area contributed by atoms with E-state index in [1.807, 2.05) is 0 Å². The largest absolute Gasteiger partial charge is 0.0620 e. The summed E-state index contributed by atoms with van der Waals surface area (Å²) in [6.07, 6.45) is 2.74. The predicted octanol–water partition coefficient (Wildman–Crippen LogP) is 4.49. The van der Waals surface area contributed by atoms with Crippen LogP contribution in [0.1, 0.15) is 61.3 Å². The first-order valence-corrected chi connectivity index (χ1v) is 5.58. The Kier molecular flexibility index (Phi) is 2.34. The van der Waals surface area contributed by atoms with Gasteiger partial charge in [-0.15, -0.1) is 0 Å². The molecule has 0 saturated heterocycles. The lowest BCUT2D eigenvalue weighted by atomic mass is 9.49. The zero-order valence-electron chi connectivity index (χ0n) is 10.5. The van der Waals surface area contributed by atoms with E-state index in [0.29, 0.717) is 16.2 Å². The van der Waals surface area contributed by atoms with Gasteiger partial charge in [-0.1, -0.05) is 48.5 Å². The Labute approximate surface area is 84.1 Å². The second-order valence-electron chi connectivity index (χ2n) is 7.05. The smallest absolute Gasteiger partial charge is 0.0277 e. The monoisotopic (exact) mass is 182 g/mol. The summed E-state index contributed by atoms with van der Waals surface area (Å²) < 4.78 is 0. The zero-order chi connectivity index (χ0) is 10.5. The van der Waals surface area contributed by atoms with E-state index in [1.165, 1.54) is 12.8 Å². The highest BCUT2D eigenvalue weighted by Gasteiger charge is 2.49. The molecular formula is C13H26. The van der Waals surface area contributed by atoms with Crippen molar-refractivity contribution in [2.45, 2.75) is 61.3 Å². The van der Waals surface area contributed by atoms with E-state index in [2.05, 4.69) is 48.5 Å². The summed E-state index contributed by atoms with van der Waals surface area (Å²) in [5.74, 6) is 0.839. The van der Waals surface area contributed by atoms with Gasteiger partial charge < -0.3 is 0 Å². The third kappa shape index (κ3) is 1.78. The Bertz CT molecular complexity index is 196. The van der Waals surface area contributed by atoms with Gasteiger partial charge in [0.05, 0.1) is 0 Å². The van der Waals surface area contributed by atoms with E-state index >= 15 is 0 Å². The van der Waals surface area contributed by atoms with Crippen LogP contribution in [-0.2, 0) is 0 Å². The van der Waals surface area contributed by atoms with Gasteiger partial charge in [0.25, 0.3) is 0 Å². The average molecular weight is 182 g/mol. The minimum Gasteiger partial charge on any atom is -0.0620 e. The van der Waals surface area contributed by atoms with Crippen molar-refractivity contribution in [3.05, 3.63) is 0 Å². The van der Waals surface area contributed by atoms with Crippen molar-refractivity contribution < 1.29 is 0 Å². The summed E-state index contributed by atoms with van der Waals surface area (Å²) in [6.45, 7) is 17.0. The molecule has 0 aromatic carbocycles. The van der Waals surface area contributed by atoms with Gasteiger partial charge in [-0.05, 0) is 35.0 Å². The Hall–Kier alpha value is 0. The molecule has 1 aliphatic carbocycles. The van der Waals surface area contributed by atoms with Gasteiger partial charge in [-0.2, -0.15) is 0 Å². The average Bonchev–Trinajstić information content (AvgIpc) is 1.80. The molecule has 1 aliphatic rings. The maximum absolute atomic E-state index is 2.44. The molecule has 0 N–H and O–H groups in total. The van der Waals surface area contributed by atoms with E-state index in [9.17, 15) is 0 Å². The standard InChI is InChI=1S/C13H26/c1-10-8-11(2,3)9-12(4,5)13(10,6)7/h10H,8-9H2,1-7H3. The van der Waals surface area contributed by atoms with Gasteiger partial charge >= 0.3 is 0 Å². The molecule has 1 unspecified atom stereocenters. The van der Waals surface area contributed by atoms with E-state index < -0.39 is 0 Å². The SMILES string of the molecule is CC1CC(C)(C)CC(C)(C)C1(C)C. The maximum atomic E-state index is 2.44. The first kappa shape index (κ1) is 11.1. The van der Waals surface area contributed by atoms with Gasteiger partial charge in [0, 0.05) is 0 Å². The van der Waals surface area contributed by atoms with Crippen LogP contribution in [-0.4, -0.2) is 0 Å². The molecular weight excluding hydrogens is 156 g/mol. The van der Waals surface area contributed by atoms with E-state index in [-0.39, 0.29) is 0 Å². The Morgan fingerprint density at radius 3 is 1.77 bits per heavy atom. The van der Waals surface area contributed by atoms with Gasteiger partial charge in [-0.3, -0.25) is 0 Å². The van der Waals surface area contributed by atoms with Gasteiger partial charge in [0.2, 0.25) is 0 Å². The molecule has 0 nitrogen and oxygen atoms in total. The minimum absolute atomic E-state index is 0.480. The van der Waals surface area contributed by atoms with Crippen molar-refractivity contribution >= 4 is 0 Å². The second-order valence-corrected chi connectivity index (χ2v) is 7.05. The summed E-state index contributed by atoms with van der Waals surface area (Å²) in [5.41, 5.74) is 1.51. The third-order valence-electron chi connectivity index (χ3n) is 4.76. The fourth-order valence-corrected chi connectivity index (χ4v) is 3.25. The summed E-state index contributed by atoms with van der Waals surface area (Å²) in [7, 11) is 0. The first-order valence-electron chi connectivity index (χ1n) is 5.58. The van der Waals surface area contributed by atoms with E-state index in [0.717, 1.165) is 5.92 Å². The van der Waals surface area contributed by atoms with Crippen LogP contribution in [0.25, 0.3) is 0 Å². The summed E-state index contributed by atoms with van der Waals surface area (Å²) in [4.78, 5) is 0. The quantitative estimate of drug-likeness (QED) is 0.517. The summed E-state index contributed by atoms with van der Waals surface area (Å²) >= 11 is 0. The molecule has 0 radical (unpaired) electrons. The third-order valence-corrected chi connectivity index (χ3v) is 4.76. The Balaban J connectivity index is 2.96. The highest BCUT2D eigenvalue weighted by atomic mass is 14.5. The molecule has 1 atom stereocenters. The lowest BCUT2D eigenvalue weighted by molar-refractivity contribution is -0.0590. The fraction of sp³-hybridized carbons (Fsp3) is 1.00. The molecule has 0 heteroatoms. The van der Waals surface area contributed by atoms with Crippen molar-refractivity contribution in [1.82, 2.24) is 0 Å². The van der Waals surface area contributed by atoms with E-state index in [4.69, 9.17) is 0 Å². The molecule has 13 heavy (non-hydrogen) atoms. The molecule has 0 heterocycles. The highest BCUT2D eigenvalue weighted by molar-refractivity contribution is 4.98. The normalized spacial score (nSPS) is 35.8. The van der Waals surface area contributed by atoms with Crippen LogP contribution in [0.3, 0.4) is 0 Å². The molecule has 0 amide bonds. The minimum atomic E-state index is 0.480. The van der Waals surface area contributed by atoms with Gasteiger partial charge in [-0.25, -0.2) is 0 Å². The molecule has 0 aromatic rings. The number of hydrogen-bond acceptors (Lipinski definition) is 0. The van der Waals surface area contributed by atoms with Crippen LogP contribution in [0, 0.1) is 22.2 Å². The van der Waals surface area contributed by atoms with Crippen LogP contribution in [0.15, 0.2) is 0 Å². The lowest BCUT2D eigenvalue weighted by Crippen LogP contribution is -2.47. The fourth-order valence-electron chi connectivity index (χ4n) is 3.25. The Morgan fingerprint density at radius 1 is 0.923 bits per heavy atom. The topological polar surface area (TPSA) is 0 Å². The second kappa shape index (κ2) is 2.74. The molecule has 0 aromatic heterocycles. The highest BCUT2D eigenvalue weighted by Crippen LogP contribution is 2.58. The van der Waals surface area contributed by atoms with Gasteiger partial charge in [0.15, 0.2) is 0 Å². The van der Waals surface area contributed by atoms with Crippen LogP contribution >= 0.6 is 0 Å². The first-order chi connectivity index (χ1) is 5.58. The molecule has 0 spiro atoms. The summed E-state index contributed by atoms with van der Waals surface area (Å²) in [5, 5.41) is 0. The zero-order valence-corrected chi connectivity index (χ0v) is 10.5. The molecule has 1 saturated carbocycles. The van der Waals surface area contributed by atoms with Crippen molar-refractivity contribution in [3.63, 3.8) is 0 Å². The predicted molar refractivity (Wildman–Crippen MR) is 59.7 cm³/mol. The number of hydrogen-bond donors (Lipinski definition) is 0. The van der Waals surface area contributed by atoms with E-state index in [1.54, 1.807) is 0 Å².